The second-order valence-electron chi connectivity index (χ2n) is 3.97. The summed E-state index contributed by atoms with van der Waals surface area (Å²) in [6.07, 6.45) is 0. The first kappa shape index (κ1) is 12.6. The summed E-state index contributed by atoms with van der Waals surface area (Å²) in [5.41, 5.74) is 0. The molecule has 0 saturated carbocycles. The van der Waals surface area contributed by atoms with Gasteiger partial charge in [-0.05, 0) is 0 Å². The van der Waals surface area contributed by atoms with Crippen LogP contribution < -0.4 is 4.90 Å². The van der Waals surface area contributed by atoms with E-state index in [1.165, 1.54) is 29.5 Å². The number of rotatable bonds is 4. The van der Waals surface area contributed by atoms with Crippen LogP contribution in [-0.4, -0.2) is 33.5 Å². The van der Waals surface area contributed by atoms with Crippen LogP contribution in [-0.2, 0) is 6.54 Å². The van der Waals surface area contributed by atoms with Crippen molar-refractivity contribution in [1.29, 1.82) is 0 Å². The summed E-state index contributed by atoms with van der Waals surface area (Å²) in [7, 11) is 0. The maximum absolute atomic E-state index is 3.79. The first-order chi connectivity index (χ1) is 7.76. The van der Waals surface area contributed by atoms with Gasteiger partial charge >= 0.3 is 116 Å². The van der Waals surface area contributed by atoms with Gasteiger partial charge in [-0.1, -0.05) is 0 Å². The Morgan fingerprint density at radius 2 is 1.88 bits per heavy atom. The van der Waals surface area contributed by atoms with E-state index in [4.69, 9.17) is 0 Å². The van der Waals surface area contributed by atoms with Crippen LogP contribution >= 0.6 is 15.9 Å². The van der Waals surface area contributed by atoms with Crippen LogP contribution in [0.3, 0.4) is 0 Å². The molecule has 2 aromatic rings. The van der Waals surface area contributed by atoms with E-state index >= 15 is 0 Å². The van der Waals surface area contributed by atoms with Crippen molar-refractivity contribution in [2.75, 3.05) is 13.1 Å². The van der Waals surface area contributed by atoms with Gasteiger partial charge in [-0.2, -0.15) is 0 Å². The second kappa shape index (κ2) is 5.69. The molecule has 16 heavy (non-hydrogen) atoms. The summed E-state index contributed by atoms with van der Waals surface area (Å²) in [6, 6.07) is 8.84. The molecule has 0 unspecified atom stereocenters. The second-order valence-corrected chi connectivity index (χ2v) is 8.01. The topological polar surface area (TPSA) is 4.44 Å². The van der Waals surface area contributed by atoms with E-state index in [0.29, 0.717) is 0 Å². The van der Waals surface area contributed by atoms with Gasteiger partial charge in [0.2, 0.25) is 0 Å². The third-order valence-corrected chi connectivity index (χ3v) is 8.08. The van der Waals surface area contributed by atoms with Crippen molar-refractivity contribution >= 4 is 45.1 Å². The zero-order valence-corrected chi connectivity index (χ0v) is 13.6. The quantitative estimate of drug-likeness (QED) is 0.757. The van der Waals surface area contributed by atoms with Crippen molar-refractivity contribution in [3.8, 4) is 0 Å². The van der Waals surface area contributed by atoms with Crippen LogP contribution in [0, 0.1) is 0 Å². The minimum absolute atomic E-state index is 0.107. The van der Waals surface area contributed by atoms with Crippen molar-refractivity contribution in [2.24, 2.45) is 0 Å². The summed E-state index contributed by atoms with van der Waals surface area (Å²) in [5.74, 6) is 0. The Morgan fingerprint density at radius 3 is 2.50 bits per heavy atom. The van der Waals surface area contributed by atoms with Crippen molar-refractivity contribution in [1.82, 2.24) is 0 Å². The Balaban J connectivity index is 2.34. The van der Waals surface area contributed by atoms with Crippen molar-refractivity contribution in [3.05, 3.63) is 32.3 Å². The Hall–Kier alpha value is 0.190. The monoisotopic (exact) mass is 396 g/mol. The average Bonchev–Trinajstić information content (AvgIpc) is 2.64. The fourth-order valence-electron chi connectivity index (χ4n) is 1.91. The Morgan fingerprint density at radius 1 is 1.19 bits per heavy atom. The molecule has 3 heteroatoms. The van der Waals surface area contributed by atoms with Gasteiger partial charge in [-0.3, -0.25) is 0 Å². The molecule has 1 aromatic carbocycles. The van der Waals surface area contributed by atoms with Crippen LogP contribution in [0.4, 0.5) is 0 Å². The molecule has 0 radical (unpaired) electrons. The maximum atomic E-state index is 3.79. The zero-order valence-electron chi connectivity index (χ0n) is 9.72. The predicted octanol–water partition coefficient (Wildman–Crippen LogP) is 2.08. The standard InChI is InChI=1S/C13H16BrNTe/c1-3-15(4-2)9-12-13(14)10-7-5-6-8-11(10)16-12/h5-8H,3-4,9H2,1-2H3/p+1. The molecule has 0 saturated heterocycles. The van der Waals surface area contributed by atoms with Crippen LogP contribution in [0.5, 0.6) is 0 Å². The van der Waals surface area contributed by atoms with E-state index in [2.05, 4.69) is 54.0 Å². The van der Waals surface area contributed by atoms with Gasteiger partial charge in [0.1, 0.15) is 0 Å². The van der Waals surface area contributed by atoms with E-state index in [0.717, 1.165) is 0 Å². The molecule has 0 amide bonds. The number of nitrogens with one attached hydrogen (secondary N) is 1. The fraction of sp³-hybridized carbons (Fsp3) is 0.385. The van der Waals surface area contributed by atoms with Gasteiger partial charge in [-0.25, -0.2) is 0 Å². The van der Waals surface area contributed by atoms with Crippen molar-refractivity contribution < 1.29 is 4.90 Å². The normalized spacial score (nSPS) is 11.5. The number of benzene rings is 1. The molecule has 0 spiro atoms. The van der Waals surface area contributed by atoms with Crippen molar-refractivity contribution in [3.63, 3.8) is 0 Å². The summed E-state index contributed by atoms with van der Waals surface area (Å²) < 4.78 is 4.68. The van der Waals surface area contributed by atoms with E-state index < -0.39 is 0 Å². The molecule has 1 N–H and O–H groups in total. The van der Waals surface area contributed by atoms with Crippen LogP contribution in [0.15, 0.2) is 28.7 Å². The Bertz CT molecular complexity index is 474. The zero-order chi connectivity index (χ0) is 11.5. The van der Waals surface area contributed by atoms with Gasteiger partial charge in [-0.15, -0.1) is 0 Å². The number of quaternary nitrogens is 1. The minimum atomic E-state index is -0.107. The number of hydrogen-bond donors (Lipinski definition) is 1. The molecule has 1 nitrogen and oxygen atoms in total. The van der Waals surface area contributed by atoms with E-state index in [9.17, 15) is 0 Å². The molecule has 0 aliphatic rings. The molecule has 86 valence electrons. The first-order valence-corrected chi connectivity index (χ1v) is 8.88. The van der Waals surface area contributed by atoms with Gasteiger partial charge < -0.3 is 0 Å². The van der Waals surface area contributed by atoms with Gasteiger partial charge in [0.15, 0.2) is 0 Å². The summed E-state index contributed by atoms with van der Waals surface area (Å²) in [5, 5.41) is 1.45. The predicted molar refractivity (Wildman–Crippen MR) is 74.3 cm³/mol. The molecular formula is C13H17BrNTe+. The summed E-state index contributed by atoms with van der Waals surface area (Å²) >= 11 is 3.68. The van der Waals surface area contributed by atoms with Crippen LogP contribution in [0.2, 0.25) is 0 Å². The van der Waals surface area contributed by atoms with E-state index in [-0.39, 0.29) is 20.4 Å². The molecule has 1 heterocycles. The number of fused-ring (bicyclic) bond motifs is 1. The van der Waals surface area contributed by atoms with Crippen LogP contribution in [0.25, 0.3) is 8.79 Å². The molecule has 1 aromatic heterocycles. The average molecular weight is 395 g/mol. The molecule has 0 bridgehead atoms. The Labute approximate surface area is 115 Å². The molecule has 0 fully saturated rings. The van der Waals surface area contributed by atoms with Crippen LogP contribution in [0.1, 0.15) is 17.4 Å². The van der Waals surface area contributed by atoms with Gasteiger partial charge in [0.05, 0.1) is 0 Å². The summed E-state index contributed by atoms with van der Waals surface area (Å²) in [6.45, 7) is 8.23. The molecule has 0 aliphatic carbocycles. The van der Waals surface area contributed by atoms with Gasteiger partial charge in [0.25, 0.3) is 0 Å². The Kier molecular flexibility index (Phi) is 4.49. The third-order valence-electron chi connectivity index (χ3n) is 3.01. The van der Waals surface area contributed by atoms with E-state index in [1.54, 1.807) is 11.9 Å². The fourth-order valence-corrected chi connectivity index (χ4v) is 6.68. The summed E-state index contributed by atoms with van der Waals surface area (Å²) in [4.78, 5) is 1.69. The number of hydrogen-bond acceptors (Lipinski definition) is 0. The SMILES string of the molecule is CC[NH+](CC)Cc1[te]c2ccccc2c1Br. The number of halogens is 1. The third kappa shape index (κ3) is 2.54. The molecule has 2 rings (SSSR count). The first-order valence-electron chi connectivity index (χ1n) is 5.75. The molecular weight excluding hydrogens is 378 g/mol. The van der Waals surface area contributed by atoms with Gasteiger partial charge in [0, 0.05) is 0 Å². The molecule has 0 aliphatic heterocycles. The van der Waals surface area contributed by atoms with Crippen molar-refractivity contribution in [2.45, 2.75) is 20.4 Å². The molecule has 0 atom stereocenters. The van der Waals surface area contributed by atoms with E-state index in [1.807, 2.05) is 0 Å².